The van der Waals surface area contributed by atoms with Crippen molar-refractivity contribution in [3.8, 4) is 11.1 Å². The molecule has 2 aliphatic rings. The zero-order chi connectivity index (χ0) is 22.0. The average molecular weight is 423 g/mol. The molecule has 2 fully saturated rings. The van der Waals surface area contributed by atoms with Crippen LogP contribution < -0.4 is 10.6 Å². The van der Waals surface area contributed by atoms with Crippen molar-refractivity contribution in [2.45, 2.75) is 58.9 Å². The molecule has 0 spiro atoms. The van der Waals surface area contributed by atoms with Gasteiger partial charge in [0.05, 0.1) is 5.56 Å². The van der Waals surface area contributed by atoms with Crippen molar-refractivity contribution in [3.63, 3.8) is 0 Å². The van der Waals surface area contributed by atoms with E-state index in [2.05, 4.69) is 40.7 Å². The molecule has 0 radical (unpaired) electrons. The Morgan fingerprint density at radius 3 is 2.32 bits per heavy atom. The molecule has 0 bridgehead atoms. The van der Waals surface area contributed by atoms with Crippen molar-refractivity contribution in [2.24, 2.45) is 5.73 Å². The molecule has 3 heterocycles. The van der Waals surface area contributed by atoms with Crippen LogP contribution in [-0.2, 0) is 17.8 Å². The van der Waals surface area contributed by atoms with Gasteiger partial charge in [-0.15, -0.1) is 0 Å². The van der Waals surface area contributed by atoms with Crippen LogP contribution in [0.4, 0.5) is 5.69 Å². The third-order valence-corrected chi connectivity index (χ3v) is 6.82. The van der Waals surface area contributed by atoms with E-state index < -0.39 is 0 Å². The minimum Gasteiger partial charge on any atom is -0.372 e. The molecule has 4 rings (SSSR count). The van der Waals surface area contributed by atoms with Gasteiger partial charge in [0.2, 0.25) is 5.91 Å². The van der Waals surface area contributed by atoms with Crippen molar-refractivity contribution in [1.82, 2.24) is 9.47 Å². The molecule has 0 unspecified atom stereocenters. The second-order valence-corrected chi connectivity index (χ2v) is 8.73. The summed E-state index contributed by atoms with van der Waals surface area (Å²) >= 11 is 0. The summed E-state index contributed by atoms with van der Waals surface area (Å²) in [7, 11) is 0. The fourth-order valence-corrected chi connectivity index (χ4v) is 5.25. The van der Waals surface area contributed by atoms with Crippen molar-refractivity contribution < 1.29 is 9.59 Å². The van der Waals surface area contributed by atoms with E-state index in [1.807, 2.05) is 11.8 Å². The van der Waals surface area contributed by atoms with Crippen LogP contribution in [0.2, 0.25) is 0 Å². The standard InChI is InChI=1S/C25H34N4O2/c1-3-21-24(19-9-11-20(12-10-19)27-13-4-5-14-27)23(25(26)31)18(2)29(21)17-7-16-28-15-6-8-22(28)30/h9-12H,3-8,13-17H2,1-2H3,(H2,26,31). The van der Waals surface area contributed by atoms with Crippen LogP contribution in [0.25, 0.3) is 11.1 Å². The summed E-state index contributed by atoms with van der Waals surface area (Å²) in [5.41, 5.74) is 11.8. The Labute approximate surface area is 185 Å². The Hall–Kier alpha value is -2.76. The van der Waals surface area contributed by atoms with Crippen LogP contribution >= 0.6 is 0 Å². The number of amides is 2. The lowest BCUT2D eigenvalue weighted by Crippen LogP contribution is -2.26. The Bertz CT molecular complexity index is 955. The monoisotopic (exact) mass is 422 g/mol. The molecule has 0 aliphatic carbocycles. The number of aromatic nitrogens is 1. The zero-order valence-electron chi connectivity index (χ0n) is 18.8. The summed E-state index contributed by atoms with van der Waals surface area (Å²) in [5.74, 6) is -0.115. The van der Waals surface area contributed by atoms with Crippen molar-refractivity contribution in [3.05, 3.63) is 41.2 Å². The first-order valence-electron chi connectivity index (χ1n) is 11.7. The Morgan fingerprint density at radius 1 is 1.03 bits per heavy atom. The van der Waals surface area contributed by atoms with Gasteiger partial charge in [-0.2, -0.15) is 0 Å². The molecule has 31 heavy (non-hydrogen) atoms. The summed E-state index contributed by atoms with van der Waals surface area (Å²) in [6.45, 7) is 8.76. The van der Waals surface area contributed by atoms with Crippen LogP contribution in [0.1, 0.15) is 60.8 Å². The Balaban J connectivity index is 1.62. The van der Waals surface area contributed by atoms with Crippen molar-refractivity contribution >= 4 is 17.5 Å². The predicted octanol–water partition coefficient (Wildman–Crippen LogP) is 3.74. The number of hydrogen-bond donors (Lipinski definition) is 1. The topological polar surface area (TPSA) is 71.6 Å². The first-order valence-corrected chi connectivity index (χ1v) is 11.7. The van der Waals surface area contributed by atoms with Gasteiger partial charge in [0, 0.05) is 61.8 Å². The maximum Gasteiger partial charge on any atom is 0.251 e. The molecule has 0 saturated carbocycles. The number of carbonyl (C=O) groups is 2. The summed E-state index contributed by atoms with van der Waals surface area (Å²) < 4.78 is 2.24. The average Bonchev–Trinajstić information content (AvgIpc) is 3.49. The minimum absolute atomic E-state index is 0.261. The van der Waals surface area contributed by atoms with E-state index in [1.165, 1.54) is 18.5 Å². The van der Waals surface area contributed by atoms with Gasteiger partial charge in [-0.3, -0.25) is 9.59 Å². The number of likely N-dealkylation sites (tertiary alicyclic amines) is 1. The van der Waals surface area contributed by atoms with Gasteiger partial charge in [0.25, 0.3) is 5.91 Å². The molecule has 2 amide bonds. The highest BCUT2D eigenvalue weighted by Crippen LogP contribution is 2.35. The SMILES string of the molecule is CCc1c(-c2ccc(N3CCCC3)cc2)c(C(N)=O)c(C)n1CCCN1CCCC1=O. The number of rotatable bonds is 8. The molecule has 1 aromatic heterocycles. The number of benzene rings is 1. The third-order valence-electron chi connectivity index (χ3n) is 6.82. The summed E-state index contributed by atoms with van der Waals surface area (Å²) in [5, 5.41) is 0. The molecule has 6 heteroatoms. The lowest BCUT2D eigenvalue weighted by Gasteiger charge is -2.18. The van der Waals surface area contributed by atoms with Gasteiger partial charge in [0.15, 0.2) is 0 Å². The second kappa shape index (κ2) is 9.16. The molecule has 166 valence electrons. The molecule has 2 aromatic rings. The zero-order valence-corrected chi connectivity index (χ0v) is 18.8. The van der Waals surface area contributed by atoms with E-state index in [9.17, 15) is 9.59 Å². The van der Waals surface area contributed by atoms with E-state index >= 15 is 0 Å². The number of primary amides is 1. The lowest BCUT2D eigenvalue weighted by atomic mass is 9.98. The largest absolute Gasteiger partial charge is 0.372 e. The number of nitrogens with two attached hydrogens (primary N) is 1. The normalized spacial score (nSPS) is 16.5. The summed E-state index contributed by atoms with van der Waals surface area (Å²) in [4.78, 5) is 28.7. The van der Waals surface area contributed by atoms with E-state index in [1.54, 1.807) is 0 Å². The maximum atomic E-state index is 12.4. The molecular weight excluding hydrogens is 388 g/mol. The number of hydrogen-bond acceptors (Lipinski definition) is 3. The number of anilines is 1. The van der Waals surface area contributed by atoms with E-state index in [0.717, 1.165) is 74.5 Å². The van der Waals surface area contributed by atoms with E-state index in [0.29, 0.717) is 12.0 Å². The molecule has 0 atom stereocenters. The van der Waals surface area contributed by atoms with E-state index in [-0.39, 0.29) is 11.8 Å². The second-order valence-electron chi connectivity index (χ2n) is 8.73. The van der Waals surface area contributed by atoms with Crippen molar-refractivity contribution in [1.29, 1.82) is 0 Å². The van der Waals surface area contributed by atoms with Gasteiger partial charge in [-0.1, -0.05) is 19.1 Å². The van der Waals surface area contributed by atoms with Crippen LogP contribution in [0.15, 0.2) is 24.3 Å². The molecule has 2 aliphatic heterocycles. The summed E-state index contributed by atoms with van der Waals surface area (Å²) in [6.07, 6.45) is 5.83. The van der Waals surface area contributed by atoms with E-state index in [4.69, 9.17) is 5.73 Å². The van der Waals surface area contributed by atoms with Gasteiger partial charge in [0.1, 0.15) is 0 Å². The Morgan fingerprint density at radius 2 is 1.74 bits per heavy atom. The van der Waals surface area contributed by atoms with Crippen LogP contribution in [-0.4, -0.2) is 47.5 Å². The van der Waals surface area contributed by atoms with Crippen molar-refractivity contribution in [2.75, 3.05) is 31.1 Å². The van der Waals surface area contributed by atoms with Crippen LogP contribution in [0, 0.1) is 6.92 Å². The van der Waals surface area contributed by atoms with Gasteiger partial charge in [-0.25, -0.2) is 0 Å². The number of carbonyl (C=O) groups excluding carboxylic acids is 2. The first-order chi connectivity index (χ1) is 15.0. The smallest absolute Gasteiger partial charge is 0.251 e. The first kappa shape index (κ1) is 21.5. The quantitative estimate of drug-likeness (QED) is 0.704. The Kier molecular flexibility index (Phi) is 6.35. The van der Waals surface area contributed by atoms with Gasteiger partial charge in [-0.05, 0) is 56.7 Å². The predicted molar refractivity (Wildman–Crippen MR) is 124 cm³/mol. The lowest BCUT2D eigenvalue weighted by molar-refractivity contribution is -0.127. The maximum absolute atomic E-state index is 12.4. The van der Waals surface area contributed by atoms with Gasteiger partial charge < -0.3 is 20.1 Å². The van der Waals surface area contributed by atoms with Crippen LogP contribution in [0.3, 0.4) is 0 Å². The molecular formula is C25H34N4O2. The highest BCUT2D eigenvalue weighted by atomic mass is 16.2. The highest BCUT2D eigenvalue weighted by Gasteiger charge is 2.25. The van der Waals surface area contributed by atoms with Gasteiger partial charge >= 0.3 is 0 Å². The fraction of sp³-hybridized carbons (Fsp3) is 0.520. The number of nitrogens with zero attached hydrogens (tertiary/aromatic N) is 3. The fourth-order valence-electron chi connectivity index (χ4n) is 5.25. The molecule has 6 nitrogen and oxygen atoms in total. The van der Waals surface area contributed by atoms with Crippen LogP contribution in [0.5, 0.6) is 0 Å². The molecule has 2 N–H and O–H groups in total. The molecule has 1 aromatic carbocycles. The molecule has 2 saturated heterocycles. The highest BCUT2D eigenvalue weighted by molar-refractivity contribution is 6.02. The summed E-state index contributed by atoms with van der Waals surface area (Å²) in [6, 6.07) is 8.58. The minimum atomic E-state index is -0.376. The third kappa shape index (κ3) is 4.21.